The molecule has 100 valence electrons. The quantitative estimate of drug-likeness (QED) is 0.839. The van der Waals surface area contributed by atoms with Crippen molar-refractivity contribution in [2.24, 2.45) is 5.92 Å². The van der Waals surface area contributed by atoms with Gasteiger partial charge in [-0.15, -0.1) is 0 Å². The Bertz CT molecular complexity index is 425. The third-order valence-corrected chi connectivity index (χ3v) is 3.22. The van der Waals surface area contributed by atoms with Crippen molar-refractivity contribution >= 4 is 0 Å². The second-order valence-electron chi connectivity index (χ2n) is 4.44. The van der Waals surface area contributed by atoms with Gasteiger partial charge in [0.15, 0.2) is 11.6 Å². The fraction of sp³-hybridized carbons (Fsp3) is 0.538. The summed E-state index contributed by atoms with van der Waals surface area (Å²) in [5.41, 5.74) is 0.106. The SMILES string of the molecule is CCNCC1CCOC1c1cc(F)c(F)cc1F. The molecule has 1 fully saturated rings. The highest BCUT2D eigenvalue weighted by Crippen LogP contribution is 2.36. The van der Waals surface area contributed by atoms with Gasteiger partial charge < -0.3 is 10.1 Å². The van der Waals surface area contributed by atoms with Crippen molar-refractivity contribution in [1.29, 1.82) is 0 Å². The average Bonchev–Trinajstić information content (AvgIpc) is 2.79. The number of halogens is 3. The molecule has 5 heteroatoms. The maximum atomic E-state index is 13.7. The van der Waals surface area contributed by atoms with Crippen LogP contribution in [-0.2, 0) is 4.74 Å². The van der Waals surface area contributed by atoms with Gasteiger partial charge in [0.2, 0.25) is 0 Å². The third kappa shape index (κ3) is 2.67. The molecule has 2 unspecified atom stereocenters. The fourth-order valence-corrected chi connectivity index (χ4v) is 2.27. The summed E-state index contributed by atoms with van der Waals surface area (Å²) in [4.78, 5) is 0. The third-order valence-electron chi connectivity index (χ3n) is 3.22. The highest BCUT2D eigenvalue weighted by molar-refractivity contribution is 5.23. The molecule has 0 bridgehead atoms. The predicted octanol–water partition coefficient (Wildman–Crippen LogP) is 2.79. The number of ether oxygens (including phenoxy) is 1. The minimum absolute atomic E-state index is 0.0873. The average molecular weight is 259 g/mol. The van der Waals surface area contributed by atoms with E-state index in [4.69, 9.17) is 4.74 Å². The monoisotopic (exact) mass is 259 g/mol. The highest BCUT2D eigenvalue weighted by Gasteiger charge is 2.32. The van der Waals surface area contributed by atoms with Crippen molar-refractivity contribution in [3.8, 4) is 0 Å². The van der Waals surface area contributed by atoms with Crippen LogP contribution in [0.25, 0.3) is 0 Å². The Hall–Kier alpha value is -1.07. The Kier molecular flexibility index (Phi) is 4.24. The van der Waals surface area contributed by atoms with E-state index in [0.717, 1.165) is 19.0 Å². The smallest absolute Gasteiger partial charge is 0.161 e. The Balaban J connectivity index is 2.21. The molecule has 1 N–H and O–H groups in total. The first-order valence-electron chi connectivity index (χ1n) is 6.10. The number of benzene rings is 1. The van der Waals surface area contributed by atoms with Crippen LogP contribution < -0.4 is 5.32 Å². The molecule has 2 rings (SSSR count). The zero-order chi connectivity index (χ0) is 13.1. The van der Waals surface area contributed by atoms with Gasteiger partial charge >= 0.3 is 0 Å². The van der Waals surface area contributed by atoms with E-state index in [1.54, 1.807) is 0 Å². The van der Waals surface area contributed by atoms with E-state index in [9.17, 15) is 13.2 Å². The van der Waals surface area contributed by atoms with Crippen LogP contribution in [-0.4, -0.2) is 19.7 Å². The molecule has 0 saturated carbocycles. The van der Waals surface area contributed by atoms with Crippen molar-refractivity contribution in [1.82, 2.24) is 5.32 Å². The topological polar surface area (TPSA) is 21.3 Å². The van der Waals surface area contributed by atoms with E-state index in [1.807, 2.05) is 6.92 Å². The second-order valence-corrected chi connectivity index (χ2v) is 4.44. The van der Waals surface area contributed by atoms with Gasteiger partial charge in [0.05, 0.1) is 6.10 Å². The van der Waals surface area contributed by atoms with E-state index in [0.29, 0.717) is 19.2 Å². The van der Waals surface area contributed by atoms with Crippen molar-refractivity contribution in [2.45, 2.75) is 19.4 Å². The highest BCUT2D eigenvalue weighted by atomic mass is 19.2. The van der Waals surface area contributed by atoms with E-state index in [2.05, 4.69) is 5.32 Å². The lowest BCUT2D eigenvalue weighted by Crippen LogP contribution is -2.25. The second kappa shape index (κ2) is 5.71. The molecule has 0 radical (unpaired) electrons. The van der Waals surface area contributed by atoms with Crippen molar-refractivity contribution in [3.63, 3.8) is 0 Å². The minimum Gasteiger partial charge on any atom is -0.373 e. The molecular weight excluding hydrogens is 243 g/mol. The molecule has 1 heterocycles. The summed E-state index contributed by atoms with van der Waals surface area (Å²) in [7, 11) is 0. The zero-order valence-electron chi connectivity index (χ0n) is 10.2. The van der Waals surface area contributed by atoms with Gasteiger partial charge in [-0.05, 0) is 19.0 Å². The summed E-state index contributed by atoms with van der Waals surface area (Å²) < 4.78 is 45.2. The first-order valence-corrected chi connectivity index (χ1v) is 6.10. The first-order chi connectivity index (χ1) is 8.63. The zero-order valence-corrected chi connectivity index (χ0v) is 10.2. The van der Waals surface area contributed by atoms with E-state index in [1.165, 1.54) is 0 Å². The number of rotatable bonds is 4. The lowest BCUT2D eigenvalue weighted by Gasteiger charge is -2.19. The van der Waals surface area contributed by atoms with E-state index >= 15 is 0 Å². The standard InChI is InChI=1S/C13H16F3NO/c1-2-17-7-8-3-4-18-13(8)9-5-11(15)12(16)6-10(9)14/h5-6,8,13,17H,2-4,7H2,1H3. The van der Waals surface area contributed by atoms with E-state index in [-0.39, 0.29) is 11.5 Å². The molecule has 2 atom stereocenters. The molecule has 2 nitrogen and oxygen atoms in total. The van der Waals surface area contributed by atoms with Gasteiger partial charge in [0, 0.05) is 30.7 Å². The summed E-state index contributed by atoms with van der Waals surface area (Å²) in [5.74, 6) is -2.87. The summed E-state index contributed by atoms with van der Waals surface area (Å²) in [6.45, 7) is 3.98. The molecule has 1 aliphatic heterocycles. The molecule has 0 aromatic heterocycles. The van der Waals surface area contributed by atoms with E-state index < -0.39 is 23.6 Å². The Morgan fingerprint density at radius 3 is 2.67 bits per heavy atom. The fourth-order valence-electron chi connectivity index (χ4n) is 2.27. The first kappa shape index (κ1) is 13.4. The van der Waals surface area contributed by atoms with Crippen LogP contribution in [0.4, 0.5) is 13.2 Å². The minimum atomic E-state index is -1.17. The normalized spacial score (nSPS) is 23.6. The number of hydrogen-bond acceptors (Lipinski definition) is 2. The Labute approximate surface area is 104 Å². The molecule has 1 aromatic rings. The van der Waals surface area contributed by atoms with Crippen molar-refractivity contribution < 1.29 is 17.9 Å². The van der Waals surface area contributed by atoms with Crippen LogP contribution in [0.1, 0.15) is 25.0 Å². The maximum Gasteiger partial charge on any atom is 0.161 e. The predicted molar refractivity (Wildman–Crippen MR) is 61.7 cm³/mol. The largest absolute Gasteiger partial charge is 0.373 e. The Morgan fingerprint density at radius 1 is 1.22 bits per heavy atom. The summed E-state index contributed by atoms with van der Waals surface area (Å²) >= 11 is 0. The van der Waals surface area contributed by atoms with Gasteiger partial charge in [0.1, 0.15) is 5.82 Å². The van der Waals surface area contributed by atoms with Gasteiger partial charge in [-0.25, -0.2) is 13.2 Å². The maximum absolute atomic E-state index is 13.7. The van der Waals surface area contributed by atoms with Crippen LogP contribution in [0, 0.1) is 23.4 Å². The van der Waals surface area contributed by atoms with Crippen LogP contribution in [0.3, 0.4) is 0 Å². The summed E-state index contributed by atoms with van der Waals surface area (Å²) in [5, 5.41) is 3.17. The van der Waals surface area contributed by atoms with Crippen LogP contribution in [0.2, 0.25) is 0 Å². The Morgan fingerprint density at radius 2 is 1.94 bits per heavy atom. The van der Waals surface area contributed by atoms with Crippen molar-refractivity contribution in [2.75, 3.05) is 19.7 Å². The van der Waals surface area contributed by atoms with Crippen LogP contribution >= 0.6 is 0 Å². The lowest BCUT2D eigenvalue weighted by atomic mass is 9.94. The van der Waals surface area contributed by atoms with Crippen LogP contribution in [0.5, 0.6) is 0 Å². The molecule has 0 spiro atoms. The molecular formula is C13H16F3NO. The van der Waals surface area contributed by atoms with Gasteiger partial charge in [0.25, 0.3) is 0 Å². The van der Waals surface area contributed by atoms with Crippen LogP contribution in [0.15, 0.2) is 12.1 Å². The van der Waals surface area contributed by atoms with Gasteiger partial charge in [-0.2, -0.15) is 0 Å². The summed E-state index contributed by atoms with van der Waals surface area (Å²) in [6.07, 6.45) is 0.287. The molecule has 1 aromatic carbocycles. The molecule has 18 heavy (non-hydrogen) atoms. The number of nitrogens with one attached hydrogen (secondary N) is 1. The summed E-state index contributed by atoms with van der Waals surface area (Å²) in [6, 6.07) is 1.48. The molecule has 1 saturated heterocycles. The number of hydrogen-bond donors (Lipinski definition) is 1. The van der Waals surface area contributed by atoms with Gasteiger partial charge in [-0.3, -0.25) is 0 Å². The molecule has 1 aliphatic rings. The molecule has 0 amide bonds. The lowest BCUT2D eigenvalue weighted by molar-refractivity contribution is 0.0871. The van der Waals surface area contributed by atoms with Crippen molar-refractivity contribution in [3.05, 3.63) is 35.1 Å². The molecule has 0 aliphatic carbocycles. The van der Waals surface area contributed by atoms with Gasteiger partial charge in [-0.1, -0.05) is 6.92 Å².